The summed E-state index contributed by atoms with van der Waals surface area (Å²) < 4.78 is 0. The molecule has 1 aliphatic heterocycles. The van der Waals surface area contributed by atoms with E-state index in [2.05, 4.69) is 5.32 Å². The van der Waals surface area contributed by atoms with Gasteiger partial charge in [-0.15, -0.1) is 5.06 Å². The highest BCUT2D eigenvalue weighted by Gasteiger charge is 2.31. The molecule has 0 spiro atoms. The summed E-state index contributed by atoms with van der Waals surface area (Å²) in [5, 5.41) is 5.43. The van der Waals surface area contributed by atoms with Gasteiger partial charge in [-0.25, -0.2) is 4.79 Å². The number of nitrogens with one attached hydrogen (secondary N) is 1. The molecule has 1 heterocycles. The first kappa shape index (κ1) is 12.8. The van der Waals surface area contributed by atoms with Crippen LogP contribution in [0.2, 0.25) is 0 Å². The van der Waals surface area contributed by atoms with Crippen LogP contribution in [0.15, 0.2) is 0 Å². The van der Waals surface area contributed by atoms with E-state index < -0.39 is 5.41 Å². The van der Waals surface area contributed by atoms with Crippen molar-refractivity contribution in [2.24, 2.45) is 5.41 Å². The number of hydrogen-bond acceptors (Lipinski definition) is 4. The number of nitrogens with zero attached hydrogens (tertiary/aromatic N) is 1. The van der Waals surface area contributed by atoms with Gasteiger partial charge in [0.1, 0.15) is 0 Å². The van der Waals surface area contributed by atoms with E-state index in [9.17, 15) is 4.79 Å². The van der Waals surface area contributed by atoms with Gasteiger partial charge >= 0.3 is 5.97 Å². The second-order valence-electron chi connectivity index (χ2n) is 6.30. The lowest BCUT2D eigenvalue weighted by atomic mass is 9.98. The van der Waals surface area contributed by atoms with Crippen LogP contribution in [-0.4, -0.2) is 36.2 Å². The number of piperidine rings is 1. The van der Waals surface area contributed by atoms with Crippen molar-refractivity contribution in [2.45, 2.75) is 58.5 Å². The summed E-state index contributed by atoms with van der Waals surface area (Å²) in [7, 11) is 0. The molecule has 2 fully saturated rings. The van der Waals surface area contributed by atoms with Crippen LogP contribution in [0.25, 0.3) is 0 Å². The summed E-state index contributed by atoms with van der Waals surface area (Å²) in [6.45, 7) is 7.36. The number of rotatable bonds is 3. The van der Waals surface area contributed by atoms with Crippen LogP contribution in [0.5, 0.6) is 0 Å². The number of hydroxylamine groups is 2. The van der Waals surface area contributed by atoms with Gasteiger partial charge < -0.3 is 10.2 Å². The smallest absolute Gasteiger partial charge is 0.330 e. The molecule has 0 bridgehead atoms. The molecule has 0 aromatic rings. The number of carbonyl (C=O) groups excluding carboxylic acids is 1. The first-order chi connectivity index (χ1) is 7.95. The molecule has 17 heavy (non-hydrogen) atoms. The van der Waals surface area contributed by atoms with Crippen LogP contribution < -0.4 is 5.32 Å². The lowest BCUT2D eigenvalue weighted by Crippen LogP contribution is -2.47. The van der Waals surface area contributed by atoms with Gasteiger partial charge in [0.25, 0.3) is 0 Å². The van der Waals surface area contributed by atoms with Crippen LogP contribution in [-0.2, 0) is 9.63 Å². The summed E-state index contributed by atoms with van der Waals surface area (Å²) in [6, 6.07) is 1.21. The third kappa shape index (κ3) is 3.96. The molecule has 2 aliphatic rings. The fraction of sp³-hybridized carbons (Fsp3) is 0.923. The SMILES string of the molecule is CC(C)(C)C(=O)ON1CCC[C@H](NC2CC2)C1. The Hall–Kier alpha value is -0.610. The van der Waals surface area contributed by atoms with Crippen LogP contribution in [0.1, 0.15) is 46.5 Å². The predicted molar refractivity (Wildman–Crippen MR) is 66.3 cm³/mol. The molecule has 0 aromatic carbocycles. The Morgan fingerprint density at radius 1 is 1.24 bits per heavy atom. The molecule has 98 valence electrons. The molecule has 0 aromatic heterocycles. The van der Waals surface area contributed by atoms with Crippen molar-refractivity contribution in [2.75, 3.05) is 13.1 Å². The zero-order valence-corrected chi connectivity index (χ0v) is 11.2. The van der Waals surface area contributed by atoms with Gasteiger partial charge in [0.2, 0.25) is 0 Å². The molecule has 1 saturated heterocycles. The Morgan fingerprint density at radius 3 is 2.53 bits per heavy atom. The highest BCUT2D eigenvalue weighted by Crippen LogP contribution is 2.23. The molecule has 1 N–H and O–H groups in total. The maximum atomic E-state index is 11.8. The number of hydrogen-bond donors (Lipinski definition) is 1. The van der Waals surface area contributed by atoms with Gasteiger partial charge in [-0.1, -0.05) is 0 Å². The summed E-state index contributed by atoms with van der Waals surface area (Å²) >= 11 is 0. The first-order valence-corrected chi connectivity index (χ1v) is 6.68. The largest absolute Gasteiger partial charge is 0.367 e. The van der Waals surface area contributed by atoms with E-state index in [1.807, 2.05) is 25.8 Å². The monoisotopic (exact) mass is 240 g/mol. The van der Waals surface area contributed by atoms with E-state index in [1.165, 1.54) is 19.3 Å². The molecule has 1 aliphatic carbocycles. The second kappa shape index (κ2) is 4.94. The van der Waals surface area contributed by atoms with E-state index in [-0.39, 0.29) is 5.97 Å². The molecule has 1 atom stereocenters. The van der Waals surface area contributed by atoms with Crippen molar-refractivity contribution in [3.05, 3.63) is 0 Å². The highest BCUT2D eigenvalue weighted by atomic mass is 16.7. The van der Waals surface area contributed by atoms with Gasteiger partial charge in [0.15, 0.2) is 0 Å². The summed E-state index contributed by atoms with van der Waals surface area (Å²) in [5.41, 5.74) is -0.420. The Labute approximate surface area is 104 Å². The predicted octanol–water partition coefficient (Wildman–Crippen LogP) is 1.71. The maximum absolute atomic E-state index is 11.8. The van der Waals surface area contributed by atoms with E-state index in [0.29, 0.717) is 6.04 Å². The maximum Gasteiger partial charge on any atom is 0.330 e. The van der Waals surface area contributed by atoms with Gasteiger partial charge in [0.05, 0.1) is 12.0 Å². The van der Waals surface area contributed by atoms with Crippen molar-refractivity contribution in [1.82, 2.24) is 10.4 Å². The van der Waals surface area contributed by atoms with Crippen LogP contribution >= 0.6 is 0 Å². The minimum Gasteiger partial charge on any atom is -0.367 e. The quantitative estimate of drug-likeness (QED) is 0.815. The number of carbonyl (C=O) groups is 1. The molecule has 0 radical (unpaired) electrons. The second-order valence-corrected chi connectivity index (χ2v) is 6.30. The van der Waals surface area contributed by atoms with Crippen LogP contribution in [0.4, 0.5) is 0 Å². The zero-order chi connectivity index (χ0) is 12.5. The minimum atomic E-state index is -0.420. The summed E-state index contributed by atoms with van der Waals surface area (Å²) in [4.78, 5) is 17.2. The highest BCUT2D eigenvalue weighted by molar-refractivity contribution is 5.75. The third-order valence-electron chi connectivity index (χ3n) is 3.26. The average molecular weight is 240 g/mol. The van der Waals surface area contributed by atoms with Gasteiger partial charge in [-0.2, -0.15) is 0 Å². The molecule has 4 heteroatoms. The Kier molecular flexibility index (Phi) is 3.73. The van der Waals surface area contributed by atoms with Crippen molar-refractivity contribution in [3.63, 3.8) is 0 Å². The minimum absolute atomic E-state index is 0.135. The van der Waals surface area contributed by atoms with Gasteiger partial charge in [0, 0.05) is 18.6 Å². The van der Waals surface area contributed by atoms with Crippen molar-refractivity contribution < 1.29 is 9.63 Å². The summed E-state index contributed by atoms with van der Waals surface area (Å²) in [6.07, 6.45) is 4.90. The summed E-state index contributed by atoms with van der Waals surface area (Å²) in [5.74, 6) is -0.135. The lowest BCUT2D eigenvalue weighted by Gasteiger charge is -2.33. The Bertz CT molecular complexity index is 282. The average Bonchev–Trinajstić information content (AvgIpc) is 3.00. The van der Waals surface area contributed by atoms with Crippen molar-refractivity contribution in [1.29, 1.82) is 0 Å². The zero-order valence-electron chi connectivity index (χ0n) is 11.2. The molecule has 1 saturated carbocycles. The molecular weight excluding hydrogens is 216 g/mol. The normalized spacial score (nSPS) is 26.9. The standard InChI is InChI=1S/C13H24N2O2/c1-13(2,3)12(16)17-15-8-4-5-11(9-15)14-10-6-7-10/h10-11,14H,4-9H2,1-3H3/t11-/m0/s1. The van der Waals surface area contributed by atoms with Gasteiger partial charge in [-0.05, 0) is 46.5 Å². The lowest BCUT2D eigenvalue weighted by molar-refractivity contribution is -0.205. The van der Waals surface area contributed by atoms with E-state index in [1.54, 1.807) is 0 Å². The van der Waals surface area contributed by atoms with Gasteiger partial charge in [-0.3, -0.25) is 0 Å². The molecule has 4 nitrogen and oxygen atoms in total. The molecule has 0 unspecified atom stereocenters. The van der Waals surface area contributed by atoms with E-state index >= 15 is 0 Å². The fourth-order valence-electron chi connectivity index (χ4n) is 2.00. The topological polar surface area (TPSA) is 41.6 Å². The van der Waals surface area contributed by atoms with E-state index in [0.717, 1.165) is 25.6 Å². The third-order valence-corrected chi connectivity index (χ3v) is 3.26. The molecule has 0 amide bonds. The fourth-order valence-corrected chi connectivity index (χ4v) is 2.00. The Balaban J connectivity index is 1.78. The van der Waals surface area contributed by atoms with Crippen LogP contribution in [0, 0.1) is 5.41 Å². The molecular formula is C13H24N2O2. The van der Waals surface area contributed by atoms with Crippen LogP contribution in [0.3, 0.4) is 0 Å². The van der Waals surface area contributed by atoms with E-state index in [4.69, 9.17) is 4.84 Å². The first-order valence-electron chi connectivity index (χ1n) is 6.68. The molecule has 2 rings (SSSR count). The van der Waals surface area contributed by atoms with Crippen molar-refractivity contribution >= 4 is 5.97 Å². The Morgan fingerprint density at radius 2 is 1.94 bits per heavy atom. The van der Waals surface area contributed by atoms with Crippen molar-refractivity contribution in [3.8, 4) is 0 Å².